The molecule has 2 aliphatic heterocycles. The molecule has 152 valence electrons. The van der Waals surface area contributed by atoms with Crippen LogP contribution in [0.4, 0.5) is 5.69 Å². The second kappa shape index (κ2) is 7.74. The molecule has 2 amide bonds. The van der Waals surface area contributed by atoms with Crippen LogP contribution in [0.3, 0.4) is 0 Å². The van der Waals surface area contributed by atoms with Gasteiger partial charge in [0.15, 0.2) is 0 Å². The second-order valence-electron chi connectivity index (χ2n) is 7.50. The Morgan fingerprint density at radius 1 is 1.13 bits per heavy atom. The average Bonchev–Trinajstić information content (AvgIpc) is 3.03. The van der Waals surface area contributed by atoms with Crippen LogP contribution in [0, 0.1) is 0 Å². The molecule has 0 aliphatic carbocycles. The minimum Gasteiger partial charge on any atom is -0.354 e. The maximum atomic E-state index is 12.6. The molecule has 5 rings (SSSR count). The van der Waals surface area contributed by atoms with Crippen LogP contribution in [0.2, 0.25) is 0 Å². The van der Waals surface area contributed by atoms with E-state index in [1.165, 1.54) is 0 Å². The fourth-order valence-corrected chi connectivity index (χ4v) is 4.06. The van der Waals surface area contributed by atoms with Crippen molar-refractivity contribution >= 4 is 34.6 Å². The molecule has 2 aromatic carbocycles. The Kier molecular flexibility index (Phi) is 4.78. The van der Waals surface area contributed by atoms with Crippen LogP contribution in [0.25, 0.3) is 22.2 Å². The summed E-state index contributed by atoms with van der Waals surface area (Å²) in [6.45, 7) is 3.79. The highest BCUT2D eigenvalue weighted by molar-refractivity contribution is 6.18. The second-order valence-corrected chi connectivity index (χ2v) is 7.50. The molecule has 0 radical (unpaired) electrons. The van der Waals surface area contributed by atoms with E-state index in [0.29, 0.717) is 17.8 Å². The molecule has 3 heterocycles. The van der Waals surface area contributed by atoms with Gasteiger partial charge in [0, 0.05) is 48.3 Å². The summed E-state index contributed by atoms with van der Waals surface area (Å²) in [7, 11) is 0. The van der Waals surface area contributed by atoms with Gasteiger partial charge in [-0.2, -0.15) is 5.10 Å². The van der Waals surface area contributed by atoms with Gasteiger partial charge in [0.2, 0.25) is 5.91 Å². The number of piperazine rings is 1. The summed E-state index contributed by atoms with van der Waals surface area (Å²) in [6, 6.07) is 13.5. The van der Waals surface area contributed by atoms with E-state index in [1.54, 1.807) is 12.3 Å². The number of rotatable bonds is 4. The first-order chi connectivity index (χ1) is 14.7. The lowest BCUT2D eigenvalue weighted by Crippen LogP contribution is -2.46. The highest BCUT2D eigenvalue weighted by Crippen LogP contribution is 2.34. The van der Waals surface area contributed by atoms with Crippen molar-refractivity contribution in [3.8, 4) is 11.3 Å². The Hall–Kier alpha value is -3.49. The minimum absolute atomic E-state index is 0.0937. The number of hydrogen-bond donors (Lipinski definition) is 4. The van der Waals surface area contributed by atoms with E-state index in [4.69, 9.17) is 0 Å². The van der Waals surface area contributed by atoms with Gasteiger partial charge >= 0.3 is 0 Å². The number of carbonyl (C=O) groups is 2. The third-order valence-electron chi connectivity index (χ3n) is 5.46. The molecular formula is C22H22N6O2. The van der Waals surface area contributed by atoms with Gasteiger partial charge in [-0.15, -0.1) is 0 Å². The van der Waals surface area contributed by atoms with Crippen molar-refractivity contribution in [2.24, 2.45) is 5.10 Å². The maximum absolute atomic E-state index is 12.6. The Morgan fingerprint density at radius 2 is 1.93 bits per heavy atom. The lowest BCUT2D eigenvalue weighted by Gasteiger charge is -2.26. The van der Waals surface area contributed by atoms with Crippen molar-refractivity contribution in [2.75, 3.05) is 38.0 Å². The summed E-state index contributed by atoms with van der Waals surface area (Å²) in [4.78, 5) is 30.7. The van der Waals surface area contributed by atoms with Gasteiger partial charge in [0.1, 0.15) is 0 Å². The summed E-state index contributed by atoms with van der Waals surface area (Å²) in [5.41, 5.74) is 7.13. The summed E-state index contributed by atoms with van der Waals surface area (Å²) < 4.78 is 0. The van der Waals surface area contributed by atoms with Crippen LogP contribution in [0.5, 0.6) is 0 Å². The van der Waals surface area contributed by atoms with Crippen LogP contribution < -0.4 is 16.1 Å². The zero-order valence-corrected chi connectivity index (χ0v) is 16.4. The lowest BCUT2D eigenvalue weighted by atomic mass is 10.0. The van der Waals surface area contributed by atoms with Gasteiger partial charge in [-0.25, -0.2) is 5.43 Å². The van der Waals surface area contributed by atoms with Gasteiger partial charge in [0.25, 0.3) is 5.91 Å². The predicted octanol–water partition coefficient (Wildman–Crippen LogP) is 1.76. The number of amides is 2. The van der Waals surface area contributed by atoms with E-state index < -0.39 is 0 Å². The van der Waals surface area contributed by atoms with Crippen molar-refractivity contribution in [2.45, 2.75) is 0 Å². The summed E-state index contributed by atoms with van der Waals surface area (Å²) >= 11 is 0. The Morgan fingerprint density at radius 3 is 2.73 bits per heavy atom. The highest BCUT2D eigenvalue weighted by Gasteiger charge is 2.22. The largest absolute Gasteiger partial charge is 0.354 e. The number of aromatic amines is 1. The topological polar surface area (TPSA) is 102 Å². The Bertz CT molecular complexity index is 1150. The number of nitrogens with one attached hydrogen (secondary N) is 4. The third kappa shape index (κ3) is 3.47. The normalized spacial score (nSPS) is 16.3. The number of anilines is 1. The van der Waals surface area contributed by atoms with Crippen LogP contribution in [-0.4, -0.2) is 60.6 Å². The van der Waals surface area contributed by atoms with Crippen molar-refractivity contribution in [1.29, 1.82) is 0 Å². The van der Waals surface area contributed by atoms with E-state index in [0.717, 1.165) is 53.9 Å². The molecule has 0 bridgehead atoms. The molecule has 0 saturated carbocycles. The van der Waals surface area contributed by atoms with Crippen molar-refractivity contribution < 1.29 is 9.59 Å². The fraction of sp³-hybridized carbons (Fsp3) is 0.227. The number of hydrazone groups is 1. The van der Waals surface area contributed by atoms with Gasteiger partial charge in [-0.05, 0) is 17.7 Å². The van der Waals surface area contributed by atoms with Crippen LogP contribution in [-0.2, 0) is 4.79 Å². The van der Waals surface area contributed by atoms with E-state index in [-0.39, 0.29) is 11.8 Å². The molecule has 1 fully saturated rings. The molecule has 0 unspecified atom stereocenters. The predicted molar refractivity (Wildman–Crippen MR) is 117 cm³/mol. The van der Waals surface area contributed by atoms with Gasteiger partial charge in [-0.1, -0.05) is 30.3 Å². The number of carbonyl (C=O) groups excluding carboxylic acids is 2. The van der Waals surface area contributed by atoms with Crippen molar-refractivity contribution in [1.82, 2.24) is 20.6 Å². The van der Waals surface area contributed by atoms with Gasteiger partial charge in [-0.3, -0.25) is 14.5 Å². The van der Waals surface area contributed by atoms with Gasteiger partial charge < -0.3 is 15.6 Å². The SMILES string of the molecule is O=C(CN1CCNCC1)Nc1cc2c3c(c(-c4ccccc4)[nH]c3c1)C=NNC2=O. The molecule has 30 heavy (non-hydrogen) atoms. The third-order valence-corrected chi connectivity index (χ3v) is 5.46. The molecule has 4 N–H and O–H groups in total. The zero-order valence-electron chi connectivity index (χ0n) is 16.4. The van der Waals surface area contributed by atoms with Gasteiger partial charge in [0.05, 0.1) is 24.0 Å². The zero-order chi connectivity index (χ0) is 20.5. The monoisotopic (exact) mass is 402 g/mol. The average molecular weight is 402 g/mol. The quantitative estimate of drug-likeness (QED) is 0.534. The Labute approximate surface area is 173 Å². The van der Waals surface area contributed by atoms with E-state index >= 15 is 0 Å². The molecule has 1 aromatic heterocycles. The van der Waals surface area contributed by atoms with Crippen molar-refractivity contribution in [3.63, 3.8) is 0 Å². The molecule has 2 aliphatic rings. The van der Waals surface area contributed by atoms with Crippen LogP contribution in [0.1, 0.15) is 15.9 Å². The highest BCUT2D eigenvalue weighted by atomic mass is 16.2. The summed E-state index contributed by atoms with van der Waals surface area (Å²) in [6.07, 6.45) is 1.66. The number of nitrogens with zero attached hydrogens (tertiary/aromatic N) is 2. The molecule has 8 nitrogen and oxygen atoms in total. The summed E-state index contributed by atoms with van der Waals surface area (Å²) in [5.74, 6) is -0.393. The van der Waals surface area contributed by atoms with Crippen molar-refractivity contribution in [3.05, 3.63) is 53.6 Å². The molecular weight excluding hydrogens is 380 g/mol. The standard InChI is InChI=1S/C22H22N6O2/c29-19(13-28-8-6-23-7-9-28)25-15-10-16-20-17(12-24-27-22(16)30)21(26-18(20)11-15)14-4-2-1-3-5-14/h1-5,10-12,23,26H,6-9,13H2,(H,25,29)(H,27,30). The van der Waals surface area contributed by atoms with E-state index in [2.05, 4.69) is 31.0 Å². The van der Waals surface area contributed by atoms with E-state index in [1.807, 2.05) is 36.4 Å². The number of hydrogen-bond acceptors (Lipinski definition) is 5. The smallest absolute Gasteiger partial charge is 0.272 e. The maximum Gasteiger partial charge on any atom is 0.272 e. The van der Waals surface area contributed by atoms with Crippen LogP contribution >= 0.6 is 0 Å². The Balaban J connectivity index is 1.52. The first-order valence-corrected chi connectivity index (χ1v) is 10.0. The summed E-state index contributed by atoms with van der Waals surface area (Å²) in [5, 5.41) is 11.1. The number of H-pyrrole nitrogens is 1. The fourth-order valence-electron chi connectivity index (χ4n) is 4.06. The molecule has 0 spiro atoms. The molecule has 3 aromatic rings. The minimum atomic E-state index is -0.299. The molecule has 1 saturated heterocycles. The molecule has 0 atom stereocenters. The number of benzene rings is 2. The lowest BCUT2D eigenvalue weighted by molar-refractivity contribution is -0.117. The van der Waals surface area contributed by atoms with E-state index in [9.17, 15) is 9.59 Å². The number of aromatic nitrogens is 1. The molecule has 8 heteroatoms. The first kappa shape index (κ1) is 18.5. The van der Waals surface area contributed by atoms with Crippen LogP contribution in [0.15, 0.2) is 47.6 Å². The first-order valence-electron chi connectivity index (χ1n) is 10.0.